The number of aryl methyl sites for hydroxylation is 2. The van der Waals surface area contributed by atoms with Crippen molar-refractivity contribution in [3.05, 3.63) is 60.0 Å². The molecule has 1 aliphatic rings. The third-order valence-electron chi connectivity index (χ3n) is 6.52. The fourth-order valence-electron chi connectivity index (χ4n) is 4.58. The van der Waals surface area contributed by atoms with Crippen molar-refractivity contribution in [3.63, 3.8) is 0 Å². The Bertz CT molecular complexity index is 827. The Hall–Kier alpha value is -1.90. The maximum absolute atomic E-state index is 10.4. The lowest BCUT2D eigenvalue weighted by Crippen LogP contribution is -2.38. The number of allylic oxidation sites excluding steroid dienone is 1. The lowest BCUT2D eigenvalue weighted by molar-refractivity contribution is -0.201. The van der Waals surface area contributed by atoms with E-state index in [-0.39, 0.29) is 6.10 Å². The molecule has 0 saturated carbocycles. The van der Waals surface area contributed by atoms with E-state index in [0.717, 1.165) is 38.5 Å². The Morgan fingerprint density at radius 1 is 1.06 bits per heavy atom. The lowest BCUT2D eigenvalue weighted by Gasteiger charge is -2.26. The first-order valence-electron chi connectivity index (χ1n) is 12.4. The predicted molar refractivity (Wildman–Crippen MR) is 128 cm³/mol. The molecular weight excluding hydrogens is 436 g/mol. The van der Waals surface area contributed by atoms with Crippen LogP contribution in [-0.2, 0) is 22.3 Å². The summed E-state index contributed by atoms with van der Waals surface area (Å²) in [6.07, 6.45) is 10.3. The Balaban J connectivity index is 1.56. The molecule has 7 heteroatoms. The minimum Gasteiger partial charge on any atom is -0.472 e. The van der Waals surface area contributed by atoms with Crippen LogP contribution in [0.4, 0.5) is 0 Å². The van der Waals surface area contributed by atoms with Gasteiger partial charge in [-0.25, -0.2) is 0 Å². The summed E-state index contributed by atoms with van der Waals surface area (Å²) in [5.41, 5.74) is 3.58. The van der Waals surface area contributed by atoms with Crippen molar-refractivity contribution < 1.29 is 33.6 Å². The topological polar surface area (TPSA) is 105 Å². The van der Waals surface area contributed by atoms with Gasteiger partial charge in [0.15, 0.2) is 6.29 Å². The monoisotopic (exact) mass is 476 g/mol. The van der Waals surface area contributed by atoms with Crippen LogP contribution in [0.15, 0.2) is 57.7 Å². The average Bonchev–Trinajstić information content (AvgIpc) is 3.53. The number of aliphatic hydroxyl groups excluding tert-OH is 3. The Morgan fingerprint density at radius 2 is 1.74 bits per heavy atom. The first-order chi connectivity index (χ1) is 16.3. The molecule has 0 amide bonds. The number of furan rings is 2. The molecule has 0 aromatic carbocycles. The van der Waals surface area contributed by atoms with Crippen LogP contribution in [-0.4, -0.2) is 52.1 Å². The van der Waals surface area contributed by atoms with E-state index in [1.165, 1.54) is 23.6 Å². The fourth-order valence-corrected chi connectivity index (χ4v) is 4.58. The van der Waals surface area contributed by atoms with Gasteiger partial charge >= 0.3 is 0 Å². The molecule has 0 radical (unpaired) electrons. The number of ether oxygens (including phenoxy) is 2. The average molecular weight is 477 g/mol. The van der Waals surface area contributed by atoms with Crippen molar-refractivity contribution in [1.82, 2.24) is 0 Å². The highest BCUT2D eigenvalue weighted by Crippen LogP contribution is 2.29. The van der Waals surface area contributed by atoms with Gasteiger partial charge in [0, 0.05) is 0 Å². The Morgan fingerprint density at radius 3 is 2.32 bits per heavy atom. The van der Waals surface area contributed by atoms with Crippen LogP contribution in [0.2, 0.25) is 0 Å². The minimum atomic E-state index is -1.19. The quantitative estimate of drug-likeness (QED) is 0.347. The van der Waals surface area contributed by atoms with Crippen molar-refractivity contribution in [2.24, 2.45) is 5.92 Å². The number of hydrogen-bond donors (Lipinski definition) is 3. The number of rotatable bonds is 14. The number of aliphatic hydroxyl groups is 3. The van der Waals surface area contributed by atoms with Gasteiger partial charge in [0.1, 0.15) is 18.3 Å². The maximum atomic E-state index is 10.4. The molecule has 7 atom stereocenters. The van der Waals surface area contributed by atoms with Gasteiger partial charge in [-0.1, -0.05) is 25.0 Å². The minimum absolute atomic E-state index is 0.173. The first-order valence-corrected chi connectivity index (χ1v) is 12.4. The molecule has 3 heterocycles. The van der Waals surface area contributed by atoms with Crippen molar-refractivity contribution in [2.45, 2.75) is 103 Å². The molecule has 3 rings (SSSR count). The molecule has 0 spiro atoms. The van der Waals surface area contributed by atoms with E-state index < -0.39 is 30.7 Å². The summed E-state index contributed by atoms with van der Waals surface area (Å²) < 4.78 is 22.2. The van der Waals surface area contributed by atoms with Crippen molar-refractivity contribution in [3.8, 4) is 0 Å². The van der Waals surface area contributed by atoms with Gasteiger partial charge in [-0.2, -0.15) is 0 Å². The van der Waals surface area contributed by atoms with Gasteiger partial charge < -0.3 is 33.6 Å². The lowest BCUT2D eigenvalue weighted by atomic mass is 9.93. The second-order valence-corrected chi connectivity index (χ2v) is 9.74. The van der Waals surface area contributed by atoms with Crippen molar-refractivity contribution in [1.29, 1.82) is 0 Å². The molecule has 190 valence electrons. The highest BCUT2D eigenvalue weighted by molar-refractivity contribution is 5.08. The Labute approximate surface area is 202 Å². The molecule has 2 aromatic rings. The standard InChI is InChI=1S/C27H40O7/c1-18(6-4-8-21-10-12-31-16-21)14-23(15-19(2)7-5-9-22-11-13-32-17-22)33-27-25(30)24(29)26(34-27)20(3)28/h6,10-13,16-17,19-20,23-30H,4-5,7-9,14-15H2,1-3H3/b18-6+/t19-,20+,23-,24+,25+,26-,27+/m0/s1. The van der Waals surface area contributed by atoms with Crippen LogP contribution in [0.25, 0.3) is 0 Å². The second kappa shape index (κ2) is 13.3. The van der Waals surface area contributed by atoms with Gasteiger partial charge in [0.25, 0.3) is 0 Å². The summed E-state index contributed by atoms with van der Waals surface area (Å²) in [6, 6.07) is 3.97. The van der Waals surface area contributed by atoms with E-state index in [9.17, 15) is 15.3 Å². The summed E-state index contributed by atoms with van der Waals surface area (Å²) in [6.45, 7) is 5.84. The van der Waals surface area contributed by atoms with E-state index in [2.05, 4.69) is 19.9 Å². The summed E-state index contributed by atoms with van der Waals surface area (Å²) in [5.74, 6) is 0.409. The zero-order chi connectivity index (χ0) is 24.5. The summed E-state index contributed by atoms with van der Waals surface area (Å²) in [7, 11) is 0. The van der Waals surface area contributed by atoms with E-state index in [0.29, 0.717) is 12.3 Å². The zero-order valence-electron chi connectivity index (χ0n) is 20.5. The molecular formula is C27H40O7. The van der Waals surface area contributed by atoms with Crippen LogP contribution in [0, 0.1) is 5.92 Å². The largest absolute Gasteiger partial charge is 0.472 e. The third-order valence-corrected chi connectivity index (χ3v) is 6.52. The van der Waals surface area contributed by atoms with E-state index in [1.54, 1.807) is 25.1 Å². The van der Waals surface area contributed by atoms with Gasteiger partial charge in [-0.05, 0) is 81.5 Å². The van der Waals surface area contributed by atoms with Crippen molar-refractivity contribution in [2.75, 3.05) is 0 Å². The second-order valence-electron chi connectivity index (χ2n) is 9.74. The van der Waals surface area contributed by atoms with Crippen LogP contribution in [0.5, 0.6) is 0 Å². The Kier molecular flexibility index (Phi) is 10.4. The van der Waals surface area contributed by atoms with Gasteiger partial charge in [0.2, 0.25) is 0 Å². The van der Waals surface area contributed by atoms with Crippen LogP contribution < -0.4 is 0 Å². The zero-order valence-corrected chi connectivity index (χ0v) is 20.5. The van der Waals surface area contributed by atoms with Crippen LogP contribution in [0.1, 0.15) is 64.0 Å². The highest BCUT2D eigenvalue weighted by atomic mass is 16.7. The molecule has 3 N–H and O–H groups in total. The summed E-state index contributed by atoms with van der Waals surface area (Å²) in [5, 5.41) is 30.6. The molecule has 0 bridgehead atoms. The molecule has 34 heavy (non-hydrogen) atoms. The van der Waals surface area contributed by atoms with E-state index >= 15 is 0 Å². The highest BCUT2D eigenvalue weighted by Gasteiger charge is 2.46. The van der Waals surface area contributed by atoms with Crippen molar-refractivity contribution >= 4 is 0 Å². The van der Waals surface area contributed by atoms with Crippen LogP contribution in [0.3, 0.4) is 0 Å². The molecule has 2 aromatic heterocycles. The first kappa shape index (κ1) is 26.7. The summed E-state index contributed by atoms with van der Waals surface area (Å²) in [4.78, 5) is 0. The smallest absolute Gasteiger partial charge is 0.186 e. The molecule has 1 aliphatic heterocycles. The molecule has 0 aliphatic carbocycles. The predicted octanol–water partition coefficient (Wildman–Crippen LogP) is 4.40. The molecule has 0 unspecified atom stereocenters. The van der Waals surface area contributed by atoms with Gasteiger partial charge in [-0.15, -0.1) is 0 Å². The molecule has 1 fully saturated rings. The fraction of sp³-hybridized carbons (Fsp3) is 0.630. The molecule has 1 saturated heterocycles. The van der Waals surface area contributed by atoms with E-state index in [1.807, 2.05) is 12.1 Å². The van der Waals surface area contributed by atoms with E-state index in [4.69, 9.17) is 18.3 Å². The van der Waals surface area contributed by atoms with Gasteiger partial charge in [0.05, 0.1) is 37.3 Å². The number of hydrogen-bond acceptors (Lipinski definition) is 7. The van der Waals surface area contributed by atoms with Crippen LogP contribution >= 0.6 is 0 Å². The summed E-state index contributed by atoms with van der Waals surface area (Å²) >= 11 is 0. The normalized spacial score (nSPS) is 26.0. The van der Waals surface area contributed by atoms with Gasteiger partial charge in [-0.3, -0.25) is 0 Å². The third kappa shape index (κ3) is 8.10. The SMILES string of the molecule is C/C(=C\CCc1ccoc1)C[C@@H](C[C@@H](C)CCCc1ccoc1)O[C@@H]1O[C@@H]([C@@H](C)O)[C@H](O)[C@H]1O. The molecule has 7 nitrogen and oxygen atoms in total. The maximum Gasteiger partial charge on any atom is 0.186 e.